The number of thioether (sulfide) groups is 2. The fourth-order valence-corrected chi connectivity index (χ4v) is 4.13. The van der Waals surface area contributed by atoms with Gasteiger partial charge in [0.2, 0.25) is 0 Å². The van der Waals surface area contributed by atoms with Gasteiger partial charge in [-0.2, -0.15) is 0 Å². The fraction of sp³-hybridized carbons (Fsp3) is 0.483. The van der Waals surface area contributed by atoms with Crippen molar-refractivity contribution in [1.29, 1.82) is 0 Å². The van der Waals surface area contributed by atoms with Gasteiger partial charge in [0.15, 0.2) is 10.3 Å². The Kier molecular flexibility index (Phi) is 14.2. The van der Waals surface area contributed by atoms with Crippen molar-refractivity contribution in [2.75, 3.05) is 58.7 Å². The summed E-state index contributed by atoms with van der Waals surface area (Å²) in [6.07, 6.45) is 10.8. The first-order valence-electron chi connectivity index (χ1n) is 13.7. The molecule has 0 aromatic carbocycles. The Morgan fingerprint density at radius 3 is 1.67 bits per heavy atom. The minimum Gasteiger partial charge on any atom is -0.460 e. The molecule has 0 saturated heterocycles. The number of pyridine rings is 1. The average molecular weight is 631 g/mol. The highest BCUT2D eigenvalue weighted by atomic mass is 32.2. The van der Waals surface area contributed by atoms with Crippen LogP contribution in [0.15, 0.2) is 47.2 Å². The van der Waals surface area contributed by atoms with Crippen LogP contribution in [0.2, 0.25) is 0 Å². The molecule has 0 spiro atoms. The highest BCUT2D eigenvalue weighted by Crippen LogP contribution is 2.25. The molecule has 0 aliphatic rings. The zero-order chi connectivity index (χ0) is 31.1. The van der Waals surface area contributed by atoms with E-state index in [1.807, 2.05) is 33.3 Å². The Balaban J connectivity index is 1.43. The third kappa shape index (κ3) is 12.5. The second kappa shape index (κ2) is 17.8. The van der Waals surface area contributed by atoms with Gasteiger partial charge in [0, 0.05) is 48.0 Å². The summed E-state index contributed by atoms with van der Waals surface area (Å²) in [6.45, 7) is 7.91. The summed E-state index contributed by atoms with van der Waals surface area (Å²) in [5.41, 5.74) is 2.43. The number of carbonyl (C=O) groups is 2. The first-order valence-corrected chi connectivity index (χ1v) is 16.1. The molecule has 43 heavy (non-hydrogen) atoms. The van der Waals surface area contributed by atoms with Gasteiger partial charge in [-0.15, -0.1) is 0 Å². The summed E-state index contributed by atoms with van der Waals surface area (Å²) < 4.78 is 21.7. The molecular formula is C29H38N6O6S2. The van der Waals surface area contributed by atoms with E-state index in [4.69, 9.17) is 23.9 Å². The van der Waals surface area contributed by atoms with Gasteiger partial charge in [-0.3, -0.25) is 9.59 Å². The second-order valence-electron chi connectivity index (χ2n) is 9.97. The minimum absolute atomic E-state index is 0.202. The maximum atomic E-state index is 13.1. The lowest BCUT2D eigenvalue weighted by molar-refractivity contribution is -0.156. The van der Waals surface area contributed by atoms with Crippen LogP contribution >= 0.6 is 23.5 Å². The van der Waals surface area contributed by atoms with Gasteiger partial charge in [-0.25, -0.2) is 24.9 Å². The molecule has 232 valence electrons. The van der Waals surface area contributed by atoms with Crippen molar-refractivity contribution in [3.63, 3.8) is 0 Å². The van der Waals surface area contributed by atoms with E-state index in [9.17, 15) is 9.59 Å². The molecule has 0 aliphatic heterocycles. The minimum atomic E-state index is -0.498. The van der Waals surface area contributed by atoms with Crippen molar-refractivity contribution < 1.29 is 28.5 Å². The zero-order valence-electron chi connectivity index (χ0n) is 25.1. The van der Waals surface area contributed by atoms with Crippen LogP contribution in [0.3, 0.4) is 0 Å². The molecule has 1 amide bonds. The molecule has 3 aromatic heterocycles. The molecule has 0 fully saturated rings. The maximum absolute atomic E-state index is 13.1. The molecule has 0 bridgehead atoms. The van der Waals surface area contributed by atoms with Crippen LogP contribution in [0.5, 0.6) is 0 Å². The first kappa shape index (κ1) is 34.3. The van der Waals surface area contributed by atoms with Crippen molar-refractivity contribution in [1.82, 2.24) is 30.2 Å². The quantitative estimate of drug-likeness (QED) is 0.0994. The largest absolute Gasteiger partial charge is 0.460 e. The van der Waals surface area contributed by atoms with Crippen LogP contribution in [0, 0.1) is 0 Å². The van der Waals surface area contributed by atoms with Crippen molar-refractivity contribution in [3.05, 3.63) is 42.5 Å². The van der Waals surface area contributed by atoms with Crippen molar-refractivity contribution >= 4 is 35.4 Å². The van der Waals surface area contributed by atoms with E-state index in [1.54, 1.807) is 36.9 Å². The van der Waals surface area contributed by atoms with Crippen LogP contribution in [0.1, 0.15) is 37.6 Å². The first-order chi connectivity index (χ1) is 20.7. The molecule has 12 nitrogen and oxygen atoms in total. The van der Waals surface area contributed by atoms with E-state index in [2.05, 4.69) is 25.3 Å². The molecule has 3 aromatic rings. The molecule has 0 atom stereocenters. The second-order valence-corrected chi connectivity index (χ2v) is 11.5. The summed E-state index contributed by atoms with van der Waals surface area (Å²) in [5.74, 6) is -0.554. The van der Waals surface area contributed by atoms with E-state index < -0.39 is 5.60 Å². The van der Waals surface area contributed by atoms with Crippen molar-refractivity contribution in [2.45, 2.75) is 43.1 Å². The number of ether oxygens (including phenoxy) is 4. The SMILES string of the molecule is CSc1ncc(-c2cc(C(=O)NCCOCCOCCOCCC(=O)OC(C)(C)C)cc(-c3cnc(SC)nc3)n2)cn1. The van der Waals surface area contributed by atoms with Crippen LogP contribution in [-0.2, 0) is 23.7 Å². The Hall–Kier alpha value is -3.17. The summed E-state index contributed by atoms with van der Waals surface area (Å²) in [7, 11) is 0. The molecule has 0 unspecified atom stereocenters. The van der Waals surface area contributed by atoms with Gasteiger partial charge in [0.05, 0.1) is 57.4 Å². The summed E-state index contributed by atoms with van der Waals surface area (Å²) in [6, 6.07) is 3.41. The number of aromatic nitrogens is 5. The number of carbonyl (C=O) groups excluding carboxylic acids is 2. The zero-order valence-corrected chi connectivity index (χ0v) is 26.8. The van der Waals surface area contributed by atoms with E-state index in [1.165, 1.54) is 23.5 Å². The third-order valence-corrected chi connectivity index (χ3v) is 6.60. The standard InChI is InChI=1S/C29H38N6O6S2/c1-29(2,3)41-25(36)6-8-38-10-12-40-13-11-39-9-7-30-26(37)20-14-23(21-16-31-27(42-4)32-17-21)35-24(15-20)22-18-33-28(43-5)34-19-22/h14-19H,6-13H2,1-5H3,(H,30,37). The molecule has 0 aliphatic carbocycles. The van der Waals surface area contributed by atoms with Crippen LogP contribution < -0.4 is 5.32 Å². The Labute approximate surface area is 260 Å². The average Bonchev–Trinajstić information content (AvgIpc) is 3.00. The number of hydrogen-bond acceptors (Lipinski definition) is 13. The predicted molar refractivity (Wildman–Crippen MR) is 165 cm³/mol. The van der Waals surface area contributed by atoms with Gasteiger partial charge in [0.25, 0.3) is 5.91 Å². The molecule has 0 radical (unpaired) electrons. The maximum Gasteiger partial charge on any atom is 0.308 e. The Morgan fingerprint density at radius 2 is 1.21 bits per heavy atom. The van der Waals surface area contributed by atoms with E-state index in [-0.39, 0.29) is 24.9 Å². The molecular weight excluding hydrogens is 592 g/mol. The summed E-state index contributed by atoms with van der Waals surface area (Å²) in [5, 5.41) is 4.17. The van der Waals surface area contributed by atoms with Crippen molar-refractivity contribution in [2.24, 2.45) is 0 Å². The van der Waals surface area contributed by atoms with E-state index in [0.717, 1.165) is 0 Å². The highest BCUT2D eigenvalue weighted by Gasteiger charge is 2.16. The smallest absolute Gasteiger partial charge is 0.308 e. The molecule has 3 rings (SSSR count). The number of nitrogens with zero attached hydrogens (tertiary/aromatic N) is 5. The van der Waals surface area contributed by atoms with E-state index >= 15 is 0 Å². The number of hydrogen-bond donors (Lipinski definition) is 1. The summed E-state index contributed by atoms with van der Waals surface area (Å²) >= 11 is 2.89. The van der Waals surface area contributed by atoms with Crippen LogP contribution in [0.25, 0.3) is 22.5 Å². The van der Waals surface area contributed by atoms with Gasteiger partial charge in [-0.05, 0) is 45.4 Å². The fourth-order valence-electron chi connectivity index (χ4n) is 3.49. The van der Waals surface area contributed by atoms with Crippen LogP contribution in [0.4, 0.5) is 0 Å². The van der Waals surface area contributed by atoms with Crippen LogP contribution in [-0.4, -0.2) is 101 Å². The van der Waals surface area contributed by atoms with Gasteiger partial charge >= 0.3 is 5.97 Å². The molecule has 3 heterocycles. The number of amides is 1. The molecule has 1 N–H and O–H groups in total. The summed E-state index contributed by atoms with van der Waals surface area (Å²) in [4.78, 5) is 46.8. The normalized spacial score (nSPS) is 11.4. The van der Waals surface area contributed by atoms with Crippen molar-refractivity contribution in [3.8, 4) is 22.5 Å². The van der Waals surface area contributed by atoms with Gasteiger partial charge in [0.1, 0.15) is 5.60 Å². The molecule has 14 heteroatoms. The lowest BCUT2D eigenvalue weighted by atomic mass is 10.1. The Morgan fingerprint density at radius 1 is 0.744 bits per heavy atom. The monoisotopic (exact) mass is 630 g/mol. The number of nitrogens with one attached hydrogen (secondary N) is 1. The van der Waals surface area contributed by atoms with Gasteiger partial charge in [-0.1, -0.05) is 23.5 Å². The number of esters is 1. The van der Waals surface area contributed by atoms with Gasteiger partial charge < -0.3 is 24.3 Å². The molecule has 0 saturated carbocycles. The van der Waals surface area contributed by atoms with E-state index in [0.29, 0.717) is 78.0 Å². The lowest BCUT2D eigenvalue weighted by Gasteiger charge is -2.19. The lowest BCUT2D eigenvalue weighted by Crippen LogP contribution is -2.28. The number of rotatable bonds is 17. The predicted octanol–water partition coefficient (Wildman–Crippen LogP) is 3.95. The Bertz CT molecular complexity index is 1240. The highest BCUT2D eigenvalue weighted by molar-refractivity contribution is 7.98. The topological polar surface area (TPSA) is 148 Å². The third-order valence-electron chi connectivity index (χ3n) is 5.45.